The standard InChI is InChI=1S/C10H9ClN2OS/c1-6(11)9(14)13-10-12-7-4-2-3-5-8(7)15-10/h2-6H,1H3,(H,12,13,14)/t6-/m1/s1. The number of benzene rings is 1. The predicted octanol–water partition coefficient (Wildman–Crippen LogP) is 2.86. The average molecular weight is 241 g/mol. The van der Waals surface area contributed by atoms with Gasteiger partial charge in [-0.25, -0.2) is 4.98 Å². The Hall–Kier alpha value is -1.13. The van der Waals surface area contributed by atoms with Crippen LogP contribution in [0.4, 0.5) is 5.13 Å². The number of aromatic nitrogens is 1. The third-order valence-electron chi connectivity index (χ3n) is 1.89. The SMILES string of the molecule is C[C@@H](Cl)C(=O)Nc1nc2ccccc2s1. The summed E-state index contributed by atoms with van der Waals surface area (Å²) in [6, 6.07) is 7.73. The lowest BCUT2D eigenvalue weighted by Crippen LogP contribution is -2.19. The number of hydrogen-bond donors (Lipinski definition) is 1. The molecule has 0 aliphatic rings. The van der Waals surface area contributed by atoms with Crippen molar-refractivity contribution in [1.82, 2.24) is 4.98 Å². The monoisotopic (exact) mass is 240 g/mol. The molecule has 0 aliphatic carbocycles. The van der Waals surface area contributed by atoms with Crippen LogP contribution < -0.4 is 5.32 Å². The van der Waals surface area contributed by atoms with Crippen molar-refractivity contribution in [1.29, 1.82) is 0 Å². The molecule has 0 saturated carbocycles. The van der Waals surface area contributed by atoms with Gasteiger partial charge in [-0.2, -0.15) is 0 Å². The molecule has 1 amide bonds. The van der Waals surface area contributed by atoms with Crippen molar-refractivity contribution in [2.24, 2.45) is 0 Å². The van der Waals surface area contributed by atoms with E-state index in [2.05, 4.69) is 10.3 Å². The van der Waals surface area contributed by atoms with Gasteiger partial charge >= 0.3 is 0 Å². The molecule has 0 fully saturated rings. The number of fused-ring (bicyclic) bond motifs is 1. The maximum Gasteiger partial charge on any atom is 0.243 e. The minimum atomic E-state index is -0.544. The van der Waals surface area contributed by atoms with Crippen molar-refractivity contribution in [2.45, 2.75) is 12.3 Å². The molecule has 0 unspecified atom stereocenters. The molecule has 2 rings (SSSR count). The quantitative estimate of drug-likeness (QED) is 0.821. The molecular weight excluding hydrogens is 232 g/mol. The highest BCUT2D eigenvalue weighted by atomic mass is 35.5. The third-order valence-corrected chi connectivity index (χ3v) is 3.04. The lowest BCUT2D eigenvalue weighted by Gasteiger charge is -2.01. The van der Waals surface area contributed by atoms with Crippen LogP contribution in [0, 0.1) is 0 Å². The van der Waals surface area contributed by atoms with Crippen molar-refractivity contribution < 1.29 is 4.79 Å². The first-order chi connectivity index (χ1) is 7.16. The zero-order valence-electron chi connectivity index (χ0n) is 8.03. The highest BCUT2D eigenvalue weighted by molar-refractivity contribution is 7.22. The summed E-state index contributed by atoms with van der Waals surface area (Å²) in [5.74, 6) is -0.226. The predicted molar refractivity (Wildman–Crippen MR) is 63.6 cm³/mol. The van der Waals surface area contributed by atoms with Crippen molar-refractivity contribution in [3.63, 3.8) is 0 Å². The summed E-state index contributed by atoms with van der Waals surface area (Å²) in [5, 5.41) is 2.71. The van der Waals surface area contributed by atoms with Gasteiger partial charge in [0.25, 0.3) is 0 Å². The first-order valence-electron chi connectivity index (χ1n) is 4.47. The topological polar surface area (TPSA) is 42.0 Å². The van der Waals surface area contributed by atoms with Crippen LogP contribution >= 0.6 is 22.9 Å². The molecule has 1 atom stereocenters. The number of nitrogens with one attached hydrogen (secondary N) is 1. The lowest BCUT2D eigenvalue weighted by molar-refractivity contribution is -0.115. The normalized spacial score (nSPS) is 12.7. The second kappa shape index (κ2) is 4.16. The van der Waals surface area contributed by atoms with Gasteiger partial charge in [0.15, 0.2) is 5.13 Å². The Bertz CT molecular complexity index is 462. The molecule has 1 aromatic carbocycles. The minimum absolute atomic E-state index is 0.226. The molecule has 1 heterocycles. The molecule has 2 aromatic rings. The molecule has 0 saturated heterocycles. The van der Waals surface area contributed by atoms with E-state index in [4.69, 9.17) is 11.6 Å². The maximum atomic E-state index is 11.3. The van der Waals surface area contributed by atoms with Crippen LogP contribution in [0.5, 0.6) is 0 Å². The number of halogens is 1. The van der Waals surface area contributed by atoms with Crippen molar-refractivity contribution >= 4 is 44.2 Å². The molecule has 5 heteroatoms. The third kappa shape index (κ3) is 2.27. The van der Waals surface area contributed by atoms with Gasteiger partial charge in [-0.3, -0.25) is 4.79 Å². The van der Waals surface area contributed by atoms with Crippen molar-refractivity contribution in [3.8, 4) is 0 Å². The maximum absolute atomic E-state index is 11.3. The van der Waals surface area contributed by atoms with Gasteiger partial charge in [0.1, 0.15) is 5.38 Å². The fraction of sp³-hybridized carbons (Fsp3) is 0.200. The van der Waals surface area contributed by atoms with Crippen LogP contribution in [0.2, 0.25) is 0 Å². The highest BCUT2D eigenvalue weighted by Gasteiger charge is 2.11. The number of alkyl halides is 1. The molecule has 78 valence electrons. The van der Waals surface area contributed by atoms with E-state index in [1.54, 1.807) is 6.92 Å². The first-order valence-corrected chi connectivity index (χ1v) is 5.72. The fourth-order valence-electron chi connectivity index (χ4n) is 1.13. The summed E-state index contributed by atoms with van der Waals surface area (Å²) >= 11 is 7.08. The van der Waals surface area contributed by atoms with E-state index < -0.39 is 5.38 Å². The van der Waals surface area contributed by atoms with Gasteiger partial charge in [-0.15, -0.1) is 11.6 Å². The second-order valence-electron chi connectivity index (χ2n) is 3.09. The van der Waals surface area contributed by atoms with E-state index in [9.17, 15) is 4.79 Å². The average Bonchev–Trinajstić information content (AvgIpc) is 2.59. The fourth-order valence-corrected chi connectivity index (χ4v) is 2.05. The van der Waals surface area contributed by atoms with E-state index in [1.165, 1.54) is 11.3 Å². The molecule has 3 nitrogen and oxygen atoms in total. The van der Waals surface area contributed by atoms with Crippen LogP contribution in [-0.2, 0) is 4.79 Å². The summed E-state index contributed by atoms with van der Waals surface area (Å²) in [6.45, 7) is 1.63. The van der Waals surface area contributed by atoms with Crippen LogP contribution in [0.1, 0.15) is 6.92 Å². The Labute approximate surface area is 96.1 Å². The highest BCUT2D eigenvalue weighted by Crippen LogP contribution is 2.25. The Kier molecular flexibility index (Phi) is 2.88. The Morgan fingerprint density at radius 3 is 2.93 bits per heavy atom. The Morgan fingerprint density at radius 2 is 2.27 bits per heavy atom. The molecule has 0 bridgehead atoms. The summed E-state index contributed by atoms with van der Waals surface area (Å²) in [6.07, 6.45) is 0. The van der Waals surface area contributed by atoms with E-state index in [-0.39, 0.29) is 5.91 Å². The van der Waals surface area contributed by atoms with Crippen LogP contribution in [0.15, 0.2) is 24.3 Å². The zero-order chi connectivity index (χ0) is 10.8. The molecule has 1 N–H and O–H groups in total. The number of thiazole rings is 1. The largest absolute Gasteiger partial charge is 0.301 e. The van der Waals surface area contributed by atoms with Gasteiger partial charge in [0.2, 0.25) is 5.91 Å². The van der Waals surface area contributed by atoms with E-state index in [1.807, 2.05) is 24.3 Å². The molecule has 15 heavy (non-hydrogen) atoms. The minimum Gasteiger partial charge on any atom is -0.301 e. The molecule has 1 aromatic heterocycles. The van der Waals surface area contributed by atoms with Gasteiger partial charge < -0.3 is 5.32 Å². The first kappa shape index (κ1) is 10.4. The number of carbonyl (C=O) groups excluding carboxylic acids is 1. The van der Waals surface area contributed by atoms with Gasteiger partial charge in [0.05, 0.1) is 10.2 Å². The number of para-hydroxylation sites is 1. The molecule has 0 spiro atoms. The lowest BCUT2D eigenvalue weighted by atomic mass is 10.3. The molecular formula is C10H9ClN2OS. The van der Waals surface area contributed by atoms with Gasteiger partial charge in [-0.05, 0) is 19.1 Å². The van der Waals surface area contributed by atoms with E-state index in [0.717, 1.165) is 10.2 Å². The smallest absolute Gasteiger partial charge is 0.243 e. The van der Waals surface area contributed by atoms with Crippen molar-refractivity contribution in [3.05, 3.63) is 24.3 Å². The van der Waals surface area contributed by atoms with E-state index >= 15 is 0 Å². The van der Waals surface area contributed by atoms with Gasteiger partial charge in [0, 0.05) is 0 Å². The van der Waals surface area contributed by atoms with Crippen LogP contribution in [0.25, 0.3) is 10.2 Å². The van der Waals surface area contributed by atoms with Crippen LogP contribution in [0.3, 0.4) is 0 Å². The Morgan fingerprint density at radius 1 is 1.53 bits per heavy atom. The molecule has 0 radical (unpaired) electrons. The van der Waals surface area contributed by atoms with E-state index in [0.29, 0.717) is 5.13 Å². The Balaban J connectivity index is 2.26. The summed E-state index contributed by atoms with van der Waals surface area (Å²) in [7, 11) is 0. The number of nitrogens with zero attached hydrogens (tertiary/aromatic N) is 1. The molecule has 0 aliphatic heterocycles. The number of carbonyl (C=O) groups is 1. The number of amides is 1. The number of rotatable bonds is 2. The van der Waals surface area contributed by atoms with Gasteiger partial charge in [-0.1, -0.05) is 23.5 Å². The summed E-state index contributed by atoms with van der Waals surface area (Å²) < 4.78 is 1.05. The van der Waals surface area contributed by atoms with Crippen LogP contribution in [-0.4, -0.2) is 16.3 Å². The summed E-state index contributed by atoms with van der Waals surface area (Å²) in [5.41, 5.74) is 0.889. The zero-order valence-corrected chi connectivity index (χ0v) is 9.60. The van der Waals surface area contributed by atoms with Crippen molar-refractivity contribution in [2.75, 3.05) is 5.32 Å². The summed E-state index contributed by atoms with van der Waals surface area (Å²) in [4.78, 5) is 15.6. The number of hydrogen-bond acceptors (Lipinski definition) is 3. The second-order valence-corrected chi connectivity index (χ2v) is 4.78. The number of anilines is 1.